The van der Waals surface area contributed by atoms with Gasteiger partial charge in [-0.05, 0) is 56.7 Å². The van der Waals surface area contributed by atoms with E-state index in [1.165, 1.54) is 0 Å². The van der Waals surface area contributed by atoms with E-state index < -0.39 is 0 Å². The second-order valence-electron chi connectivity index (χ2n) is 5.82. The molecule has 1 aromatic carbocycles. The Morgan fingerprint density at radius 3 is 3.09 bits per heavy atom. The highest BCUT2D eigenvalue weighted by Crippen LogP contribution is 2.28. The number of thiazole rings is 1. The maximum Gasteiger partial charge on any atom is 0.221 e. The smallest absolute Gasteiger partial charge is 0.221 e. The molecule has 0 aliphatic carbocycles. The molecule has 124 valence electrons. The number of piperidine rings is 1. The van der Waals surface area contributed by atoms with Crippen molar-refractivity contribution in [3.8, 4) is 5.75 Å². The van der Waals surface area contributed by atoms with Gasteiger partial charge in [0.1, 0.15) is 5.75 Å². The molecule has 0 unspecified atom stereocenters. The third-order valence-corrected chi connectivity index (χ3v) is 5.61. The van der Waals surface area contributed by atoms with E-state index in [2.05, 4.69) is 15.5 Å². The zero-order valence-corrected chi connectivity index (χ0v) is 14.8. The minimum Gasteiger partial charge on any atom is -0.494 e. The van der Waals surface area contributed by atoms with Gasteiger partial charge in [0.05, 0.1) is 29.4 Å². The van der Waals surface area contributed by atoms with Gasteiger partial charge >= 0.3 is 0 Å². The largest absolute Gasteiger partial charge is 0.494 e. The molecule has 2 aromatic rings. The lowest BCUT2D eigenvalue weighted by molar-refractivity contribution is -0.123. The molecule has 1 aliphatic rings. The van der Waals surface area contributed by atoms with E-state index in [4.69, 9.17) is 22.7 Å². The highest BCUT2D eigenvalue weighted by Gasteiger charge is 2.24. The number of amides is 1. The molecule has 1 aromatic heterocycles. The van der Waals surface area contributed by atoms with Crippen LogP contribution in [0.15, 0.2) is 18.2 Å². The Labute approximate surface area is 144 Å². The summed E-state index contributed by atoms with van der Waals surface area (Å²) < 4.78 is 9.66. The number of hydrogen-bond donors (Lipinski definition) is 1. The van der Waals surface area contributed by atoms with Gasteiger partial charge in [0, 0.05) is 6.54 Å². The Morgan fingerprint density at radius 2 is 2.35 bits per heavy atom. The summed E-state index contributed by atoms with van der Waals surface area (Å²) in [5.41, 5.74) is 6.58. The molecule has 1 amide bonds. The summed E-state index contributed by atoms with van der Waals surface area (Å²) in [6.07, 6.45) is 1.89. The fraction of sp³-hybridized carbons (Fsp3) is 0.500. The van der Waals surface area contributed by atoms with Crippen molar-refractivity contribution in [1.82, 2.24) is 9.47 Å². The van der Waals surface area contributed by atoms with Crippen LogP contribution in [0.1, 0.15) is 19.8 Å². The minimum atomic E-state index is -0.199. The molecule has 7 heteroatoms. The lowest BCUT2D eigenvalue weighted by Gasteiger charge is -2.31. The Morgan fingerprint density at radius 1 is 1.52 bits per heavy atom. The number of fused-ring (bicyclic) bond motifs is 1. The van der Waals surface area contributed by atoms with Crippen LogP contribution in [0.2, 0.25) is 0 Å². The first-order valence-electron chi connectivity index (χ1n) is 7.86. The monoisotopic (exact) mass is 351 g/mol. The predicted octanol–water partition coefficient (Wildman–Crippen LogP) is 2.99. The van der Waals surface area contributed by atoms with Crippen LogP contribution in [0.3, 0.4) is 0 Å². The summed E-state index contributed by atoms with van der Waals surface area (Å²) >= 11 is 7.13. The number of ether oxygens (including phenoxy) is 1. The first-order chi connectivity index (χ1) is 11.1. The van der Waals surface area contributed by atoms with E-state index in [1.807, 2.05) is 19.1 Å². The molecule has 2 heterocycles. The Bertz CT molecular complexity index is 768. The van der Waals surface area contributed by atoms with Crippen molar-refractivity contribution >= 4 is 39.7 Å². The highest BCUT2D eigenvalue weighted by molar-refractivity contribution is 7.73. The van der Waals surface area contributed by atoms with Crippen LogP contribution >= 0.6 is 23.6 Å². The Hall–Kier alpha value is -1.44. The van der Waals surface area contributed by atoms with E-state index >= 15 is 0 Å². The van der Waals surface area contributed by atoms with Crippen molar-refractivity contribution in [2.45, 2.75) is 26.4 Å². The molecule has 0 radical (unpaired) electrons. The molecule has 5 nitrogen and oxygen atoms in total. The number of nitrogens with two attached hydrogens (primary N) is 1. The molecular formula is C16H21N3O2S2. The number of hydrogen-bond acceptors (Lipinski definition) is 5. The van der Waals surface area contributed by atoms with E-state index in [9.17, 15) is 4.79 Å². The predicted molar refractivity (Wildman–Crippen MR) is 95.3 cm³/mol. The third-order valence-electron chi connectivity index (χ3n) is 4.20. The average Bonchev–Trinajstić information content (AvgIpc) is 2.83. The van der Waals surface area contributed by atoms with Crippen molar-refractivity contribution in [2.24, 2.45) is 11.7 Å². The van der Waals surface area contributed by atoms with Crippen molar-refractivity contribution < 1.29 is 9.53 Å². The van der Waals surface area contributed by atoms with Gasteiger partial charge in [-0.15, -0.1) is 11.3 Å². The zero-order valence-electron chi connectivity index (χ0n) is 13.2. The van der Waals surface area contributed by atoms with Gasteiger partial charge in [-0.3, -0.25) is 9.69 Å². The van der Waals surface area contributed by atoms with Gasteiger partial charge in [-0.25, -0.2) is 0 Å². The maximum atomic E-state index is 11.4. The van der Waals surface area contributed by atoms with Crippen molar-refractivity contribution in [2.75, 3.05) is 19.7 Å². The van der Waals surface area contributed by atoms with Crippen LogP contribution in [0, 0.1) is 9.87 Å². The molecule has 0 spiro atoms. The number of rotatable bonds is 5. The summed E-state index contributed by atoms with van der Waals surface area (Å²) in [6.45, 7) is 5.02. The molecule has 1 aliphatic heterocycles. The van der Waals surface area contributed by atoms with Crippen molar-refractivity contribution in [3.05, 3.63) is 22.2 Å². The Kier molecular flexibility index (Phi) is 4.99. The number of nitrogens with zero attached hydrogens (tertiary/aromatic N) is 2. The lowest BCUT2D eigenvalue weighted by Crippen LogP contribution is -2.41. The molecule has 2 N–H and O–H groups in total. The summed E-state index contributed by atoms with van der Waals surface area (Å²) in [6, 6.07) is 6.08. The second-order valence-corrected chi connectivity index (χ2v) is 7.49. The van der Waals surface area contributed by atoms with Gasteiger partial charge in [0.2, 0.25) is 5.91 Å². The van der Waals surface area contributed by atoms with Crippen LogP contribution in [0.25, 0.3) is 10.2 Å². The van der Waals surface area contributed by atoms with Gasteiger partial charge in [0.25, 0.3) is 0 Å². The third kappa shape index (κ3) is 3.57. The number of likely N-dealkylation sites (tertiary alicyclic amines) is 1. The van der Waals surface area contributed by atoms with Crippen LogP contribution < -0.4 is 10.5 Å². The summed E-state index contributed by atoms with van der Waals surface area (Å²) in [7, 11) is 0. The van der Waals surface area contributed by atoms with Crippen LogP contribution in [-0.2, 0) is 11.5 Å². The Balaban J connectivity index is 1.83. The number of carbonyl (C=O) groups is 1. The fourth-order valence-electron chi connectivity index (χ4n) is 3.05. The minimum absolute atomic E-state index is 0.0487. The van der Waals surface area contributed by atoms with Gasteiger partial charge in [0.15, 0.2) is 3.95 Å². The fourth-order valence-corrected chi connectivity index (χ4v) is 4.39. The standard InChI is InChI=1S/C16H21N3O2S2/c1-2-21-12-5-6-13-14(8-12)23-16(22)19(13)10-18-7-3-4-11(9-18)15(17)20/h5-6,8,11H,2-4,7,9-10H2,1H3,(H2,17,20)/t11-/m0/s1. The quantitative estimate of drug-likeness (QED) is 0.841. The number of aromatic nitrogens is 1. The topological polar surface area (TPSA) is 60.5 Å². The van der Waals surface area contributed by atoms with Crippen molar-refractivity contribution in [1.29, 1.82) is 0 Å². The molecule has 1 atom stereocenters. The summed E-state index contributed by atoms with van der Waals surface area (Å²) in [5.74, 6) is 0.623. The second kappa shape index (κ2) is 6.98. The molecule has 0 saturated carbocycles. The SMILES string of the molecule is CCOc1ccc2c(c1)sc(=S)n2CN1CCC[C@H](C(N)=O)C1. The maximum absolute atomic E-state index is 11.4. The number of primary amides is 1. The zero-order chi connectivity index (χ0) is 16.4. The van der Waals surface area contributed by atoms with E-state index in [0.717, 1.165) is 39.3 Å². The first-order valence-corrected chi connectivity index (χ1v) is 9.09. The van der Waals surface area contributed by atoms with E-state index in [1.54, 1.807) is 11.3 Å². The normalized spacial score (nSPS) is 19.1. The van der Waals surface area contributed by atoms with E-state index in [-0.39, 0.29) is 11.8 Å². The lowest BCUT2D eigenvalue weighted by atomic mass is 9.98. The molecule has 0 bridgehead atoms. The highest BCUT2D eigenvalue weighted by atomic mass is 32.1. The van der Waals surface area contributed by atoms with Crippen LogP contribution in [0.4, 0.5) is 0 Å². The molecule has 3 rings (SSSR count). The van der Waals surface area contributed by atoms with E-state index in [0.29, 0.717) is 19.8 Å². The molecule has 1 fully saturated rings. The summed E-state index contributed by atoms with van der Waals surface area (Å²) in [5, 5.41) is 0. The molecule has 1 saturated heterocycles. The molecule has 23 heavy (non-hydrogen) atoms. The summed E-state index contributed by atoms with van der Waals surface area (Å²) in [4.78, 5) is 13.7. The van der Waals surface area contributed by atoms with Gasteiger partial charge in [-0.2, -0.15) is 0 Å². The van der Waals surface area contributed by atoms with Gasteiger partial charge < -0.3 is 15.0 Å². The number of carbonyl (C=O) groups excluding carboxylic acids is 1. The van der Waals surface area contributed by atoms with Crippen LogP contribution in [-0.4, -0.2) is 35.1 Å². The first kappa shape index (κ1) is 16.4. The average molecular weight is 351 g/mol. The number of benzene rings is 1. The van der Waals surface area contributed by atoms with Crippen molar-refractivity contribution in [3.63, 3.8) is 0 Å². The molecular weight excluding hydrogens is 330 g/mol. The van der Waals surface area contributed by atoms with Crippen LogP contribution in [0.5, 0.6) is 5.75 Å². The van der Waals surface area contributed by atoms with Gasteiger partial charge in [-0.1, -0.05) is 0 Å².